The van der Waals surface area contributed by atoms with Gasteiger partial charge in [0, 0.05) is 30.8 Å². The molecule has 1 atom stereocenters. The fourth-order valence-corrected chi connectivity index (χ4v) is 3.96. The molecule has 3 heterocycles. The van der Waals surface area contributed by atoms with Crippen LogP contribution < -0.4 is 16.1 Å². The maximum absolute atomic E-state index is 13.2. The van der Waals surface area contributed by atoms with Crippen molar-refractivity contribution in [2.75, 3.05) is 11.4 Å². The van der Waals surface area contributed by atoms with Gasteiger partial charge in [0.15, 0.2) is 11.2 Å². The summed E-state index contributed by atoms with van der Waals surface area (Å²) in [4.78, 5) is 32.6. The highest BCUT2D eigenvalue weighted by atomic mass is 35.5. The lowest BCUT2D eigenvalue weighted by atomic mass is 10.1. The van der Waals surface area contributed by atoms with E-state index in [-0.39, 0.29) is 18.0 Å². The van der Waals surface area contributed by atoms with Crippen LogP contribution in [-0.4, -0.2) is 25.2 Å². The molecule has 1 aromatic carbocycles. The molecule has 0 amide bonds. The molecular weight excluding hydrogens is 378 g/mol. The van der Waals surface area contributed by atoms with Gasteiger partial charge in [0.05, 0.1) is 6.54 Å². The summed E-state index contributed by atoms with van der Waals surface area (Å²) in [5.41, 5.74) is 1.76. The predicted molar refractivity (Wildman–Crippen MR) is 112 cm³/mol. The Kier molecular flexibility index (Phi) is 4.42. The quantitative estimate of drug-likeness (QED) is 0.635. The number of anilines is 2. The lowest BCUT2D eigenvalue weighted by Crippen LogP contribution is -2.40. The molecule has 3 aromatic rings. The van der Waals surface area contributed by atoms with E-state index in [1.807, 2.05) is 33.7 Å². The Morgan fingerprint density at radius 2 is 2.07 bits per heavy atom. The van der Waals surface area contributed by atoms with Crippen molar-refractivity contribution in [2.24, 2.45) is 13.0 Å². The van der Waals surface area contributed by atoms with Gasteiger partial charge < -0.3 is 9.47 Å². The van der Waals surface area contributed by atoms with Gasteiger partial charge in [-0.3, -0.25) is 13.9 Å². The molecule has 0 radical (unpaired) electrons. The summed E-state index contributed by atoms with van der Waals surface area (Å²) in [5, 5.41) is 0.634. The number of imidazole rings is 1. The summed E-state index contributed by atoms with van der Waals surface area (Å²) in [7, 11) is 1.64. The van der Waals surface area contributed by atoms with Crippen molar-refractivity contribution in [3.63, 3.8) is 0 Å². The first kappa shape index (κ1) is 18.6. The normalized spacial score (nSPS) is 16.4. The monoisotopic (exact) mass is 399 g/mol. The Morgan fingerprint density at radius 3 is 2.75 bits per heavy atom. The lowest BCUT2D eigenvalue weighted by molar-refractivity contribution is 0.458. The zero-order chi connectivity index (χ0) is 20.2. The van der Waals surface area contributed by atoms with Crippen molar-refractivity contribution in [2.45, 2.75) is 26.9 Å². The van der Waals surface area contributed by atoms with Gasteiger partial charge >= 0.3 is 5.69 Å². The number of fused-ring (bicyclic) bond motifs is 3. The second-order valence-corrected chi connectivity index (χ2v) is 8.02. The number of rotatable bonds is 3. The van der Waals surface area contributed by atoms with Crippen LogP contribution in [0.15, 0.2) is 46.0 Å². The van der Waals surface area contributed by atoms with Gasteiger partial charge in [0.2, 0.25) is 5.95 Å². The number of hydrogen-bond donors (Lipinski definition) is 0. The molecular formula is C20H22ClN5O2. The minimum absolute atomic E-state index is 0.190. The topological polar surface area (TPSA) is 65.1 Å². The molecule has 7 nitrogen and oxygen atoms in total. The summed E-state index contributed by atoms with van der Waals surface area (Å²) in [5.74, 6) is 0.936. The van der Waals surface area contributed by atoms with Crippen LogP contribution in [0.25, 0.3) is 11.2 Å². The van der Waals surface area contributed by atoms with Crippen molar-refractivity contribution in [3.8, 4) is 0 Å². The van der Waals surface area contributed by atoms with Gasteiger partial charge in [-0.1, -0.05) is 36.7 Å². The highest BCUT2D eigenvalue weighted by molar-refractivity contribution is 6.30. The van der Waals surface area contributed by atoms with Crippen molar-refractivity contribution >= 4 is 34.4 Å². The Balaban J connectivity index is 2.02. The number of allylic oxidation sites excluding steroid dienone is 1. The van der Waals surface area contributed by atoms with Gasteiger partial charge in [-0.15, -0.1) is 0 Å². The van der Waals surface area contributed by atoms with E-state index in [1.165, 1.54) is 9.13 Å². The fraction of sp³-hybridized carbons (Fsp3) is 0.350. The molecule has 28 heavy (non-hydrogen) atoms. The molecule has 1 aliphatic rings. The molecule has 0 saturated carbocycles. The van der Waals surface area contributed by atoms with Gasteiger partial charge in [0.1, 0.15) is 0 Å². The third-order valence-electron chi connectivity index (χ3n) is 4.99. The first-order valence-corrected chi connectivity index (χ1v) is 9.53. The second-order valence-electron chi connectivity index (χ2n) is 7.58. The van der Waals surface area contributed by atoms with Crippen molar-refractivity contribution < 1.29 is 0 Å². The number of aryl methyl sites for hydroxylation is 1. The summed E-state index contributed by atoms with van der Waals surface area (Å²) in [6.07, 6.45) is 0. The van der Waals surface area contributed by atoms with E-state index in [1.54, 1.807) is 14.0 Å². The van der Waals surface area contributed by atoms with Crippen LogP contribution in [-0.2, 0) is 20.1 Å². The summed E-state index contributed by atoms with van der Waals surface area (Å²) >= 11 is 6.19. The lowest BCUT2D eigenvalue weighted by Gasteiger charge is -2.33. The molecule has 0 N–H and O–H groups in total. The standard InChI is InChI=1S/C20H22ClN5O2/c1-12(2)9-26-18(27)16-17(23(4)20(26)28)22-19-24(10-13(3)11-25(16)19)15-7-5-6-14(21)8-15/h5-8,13H,1,9-11H2,2-4H3/t13-/m0/s1. The van der Waals surface area contributed by atoms with E-state index >= 15 is 0 Å². The number of aromatic nitrogens is 4. The fourth-order valence-electron chi connectivity index (χ4n) is 3.78. The van der Waals surface area contributed by atoms with E-state index in [9.17, 15) is 9.59 Å². The molecule has 2 aromatic heterocycles. The second kappa shape index (κ2) is 6.67. The molecule has 1 aliphatic heterocycles. The largest absolute Gasteiger partial charge is 0.332 e. The van der Waals surface area contributed by atoms with Crippen LogP contribution in [0.2, 0.25) is 5.02 Å². The molecule has 0 bridgehead atoms. The first-order chi connectivity index (χ1) is 13.3. The number of hydrogen-bond acceptors (Lipinski definition) is 4. The highest BCUT2D eigenvalue weighted by Gasteiger charge is 2.29. The van der Waals surface area contributed by atoms with Crippen LogP contribution in [0.1, 0.15) is 13.8 Å². The van der Waals surface area contributed by atoms with E-state index in [0.717, 1.165) is 17.8 Å². The number of nitrogens with zero attached hydrogens (tertiary/aromatic N) is 5. The molecule has 0 spiro atoms. The van der Waals surface area contributed by atoms with Crippen LogP contribution in [0.3, 0.4) is 0 Å². The van der Waals surface area contributed by atoms with Crippen LogP contribution in [0.4, 0.5) is 11.6 Å². The van der Waals surface area contributed by atoms with Crippen LogP contribution in [0, 0.1) is 5.92 Å². The Bertz CT molecular complexity index is 1220. The number of benzene rings is 1. The molecule has 8 heteroatoms. The molecule has 0 aliphatic carbocycles. The van der Waals surface area contributed by atoms with E-state index in [4.69, 9.17) is 11.6 Å². The first-order valence-electron chi connectivity index (χ1n) is 9.15. The minimum Gasteiger partial charge on any atom is -0.312 e. The molecule has 0 unspecified atom stereocenters. The van der Waals surface area contributed by atoms with E-state index in [0.29, 0.717) is 28.7 Å². The third kappa shape index (κ3) is 2.86. The smallest absolute Gasteiger partial charge is 0.312 e. The summed E-state index contributed by atoms with van der Waals surface area (Å²) < 4.78 is 4.58. The van der Waals surface area contributed by atoms with Crippen molar-refractivity contribution in [1.29, 1.82) is 0 Å². The highest BCUT2D eigenvalue weighted by Crippen LogP contribution is 2.33. The summed E-state index contributed by atoms with van der Waals surface area (Å²) in [6, 6.07) is 7.55. The molecule has 146 valence electrons. The van der Waals surface area contributed by atoms with Gasteiger partial charge in [-0.05, 0) is 31.0 Å². The maximum atomic E-state index is 13.2. The molecule has 4 rings (SSSR count). The average molecular weight is 400 g/mol. The Labute approximate surface area is 167 Å². The van der Waals surface area contributed by atoms with Crippen molar-refractivity contribution in [3.05, 3.63) is 62.3 Å². The maximum Gasteiger partial charge on any atom is 0.332 e. The SMILES string of the molecule is C=C(C)Cn1c(=O)c2c(nc3n2C[C@@H](C)CN3c2cccc(Cl)c2)n(C)c1=O. The zero-order valence-corrected chi connectivity index (χ0v) is 16.9. The third-order valence-corrected chi connectivity index (χ3v) is 5.23. The average Bonchev–Trinajstić information content (AvgIpc) is 3.02. The van der Waals surface area contributed by atoms with E-state index in [2.05, 4.69) is 18.5 Å². The predicted octanol–water partition coefficient (Wildman–Crippen LogP) is 2.91. The number of halogens is 1. The van der Waals surface area contributed by atoms with Crippen molar-refractivity contribution in [1.82, 2.24) is 18.7 Å². The van der Waals surface area contributed by atoms with Gasteiger partial charge in [-0.2, -0.15) is 4.98 Å². The molecule has 0 saturated heterocycles. The van der Waals surface area contributed by atoms with Gasteiger partial charge in [-0.25, -0.2) is 4.79 Å². The van der Waals surface area contributed by atoms with E-state index < -0.39 is 5.69 Å². The minimum atomic E-state index is -0.390. The zero-order valence-electron chi connectivity index (χ0n) is 16.1. The Hall–Kier alpha value is -2.80. The van der Waals surface area contributed by atoms with Gasteiger partial charge in [0.25, 0.3) is 5.56 Å². The Morgan fingerprint density at radius 1 is 1.32 bits per heavy atom. The van der Waals surface area contributed by atoms with Crippen LogP contribution >= 0.6 is 11.6 Å². The van der Waals surface area contributed by atoms with Crippen LogP contribution in [0.5, 0.6) is 0 Å². The molecule has 0 fully saturated rings. The summed E-state index contributed by atoms with van der Waals surface area (Å²) in [6.45, 7) is 9.35.